The maximum atomic E-state index is 11.6. The minimum absolute atomic E-state index is 0.0150. The van der Waals surface area contributed by atoms with Gasteiger partial charge in [0.05, 0.1) is 18.3 Å². The number of nitrogens with zero attached hydrogens (tertiary/aromatic N) is 3. The van der Waals surface area contributed by atoms with E-state index in [1.807, 2.05) is 0 Å². The van der Waals surface area contributed by atoms with Crippen LogP contribution in [0, 0.1) is 5.92 Å². The summed E-state index contributed by atoms with van der Waals surface area (Å²) in [6, 6.07) is 0. The van der Waals surface area contributed by atoms with Crippen molar-refractivity contribution in [3.63, 3.8) is 0 Å². The molecular weight excluding hydrogens is 286 g/mol. The summed E-state index contributed by atoms with van der Waals surface area (Å²) < 4.78 is 0. The highest BCUT2D eigenvalue weighted by molar-refractivity contribution is 5.76. The van der Waals surface area contributed by atoms with E-state index < -0.39 is 5.97 Å². The Kier molecular flexibility index (Phi) is 5.65. The largest absolute Gasteiger partial charge is 0.481 e. The summed E-state index contributed by atoms with van der Waals surface area (Å²) in [7, 11) is 0. The smallest absolute Gasteiger partial charge is 0.303 e. The first kappa shape index (κ1) is 16.2. The molecule has 22 heavy (non-hydrogen) atoms. The molecule has 0 unspecified atom stereocenters. The zero-order valence-electron chi connectivity index (χ0n) is 12.4. The molecule has 0 saturated carbocycles. The van der Waals surface area contributed by atoms with Crippen LogP contribution < -0.4 is 5.32 Å². The third kappa shape index (κ3) is 4.39. The van der Waals surface area contributed by atoms with Gasteiger partial charge >= 0.3 is 5.97 Å². The Morgan fingerprint density at radius 3 is 3.00 bits per heavy atom. The second-order valence-corrected chi connectivity index (χ2v) is 5.46. The highest BCUT2D eigenvalue weighted by atomic mass is 16.4. The Balaban J connectivity index is 1.90. The van der Waals surface area contributed by atoms with Crippen LogP contribution in [0.25, 0.3) is 0 Å². The number of carboxylic acids is 1. The maximum absolute atomic E-state index is 11.6. The Morgan fingerprint density at radius 2 is 2.36 bits per heavy atom. The third-order valence-electron chi connectivity index (χ3n) is 3.87. The van der Waals surface area contributed by atoms with Gasteiger partial charge in [-0.3, -0.25) is 9.59 Å². The van der Waals surface area contributed by atoms with Gasteiger partial charge in [-0.1, -0.05) is 6.08 Å². The lowest BCUT2D eigenvalue weighted by Crippen LogP contribution is -2.30. The molecule has 0 aromatic carbocycles. The minimum Gasteiger partial charge on any atom is -0.481 e. The van der Waals surface area contributed by atoms with Crippen LogP contribution in [-0.4, -0.2) is 63.5 Å². The zero-order chi connectivity index (χ0) is 15.9. The average molecular weight is 307 g/mol. The number of aromatic nitrogens is 3. The van der Waals surface area contributed by atoms with Crippen molar-refractivity contribution in [2.75, 3.05) is 26.2 Å². The fourth-order valence-corrected chi connectivity index (χ4v) is 2.83. The Morgan fingerprint density at radius 1 is 1.55 bits per heavy atom. The predicted molar refractivity (Wildman–Crippen MR) is 79.1 cm³/mol. The topological polar surface area (TPSA) is 111 Å². The van der Waals surface area contributed by atoms with E-state index in [9.17, 15) is 9.59 Å². The number of nitrogens with one attached hydrogen (secondary N) is 2. The minimum atomic E-state index is -0.816. The average Bonchev–Trinajstić information content (AvgIpc) is 3.11. The number of carbonyl (C=O) groups excluding carboxylic acids is 1. The number of carbonyl (C=O) groups is 2. The van der Waals surface area contributed by atoms with Gasteiger partial charge in [0.2, 0.25) is 5.91 Å². The molecule has 1 aromatic heterocycles. The molecule has 0 bridgehead atoms. The molecule has 3 N–H and O–H groups in total. The number of amides is 1. The fourth-order valence-electron chi connectivity index (χ4n) is 2.83. The molecule has 1 saturated heterocycles. The summed E-state index contributed by atoms with van der Waals surface area (Å²) in [5.74, 6) is -0.825. The quantitative estimate of drug-likeness (QED) is 0.582. The molecule has 1 aliphatic heterocycles. The molecule has 0 radical (unpaired) electrons. The van der Waals surface area contributed by atoms with Crippen LogP contribution in [-0.2, 0) is 9.59 Å². The van der Waals surface area contributed by atoms with Crippen LogP contribution in [0.5, 0.6) is 0 Å². The van der Waals surface area contributed by atoms with Gasteiger partial charge in [-0.25, -0.2) is 0 Å². The Bertz CT molecular complexity index is 517. The van der Waals surface area contributed by atoms with E-state index in [0.29, 0.717) is 32.6 Å². The van der Waals surface area contributed by atoms with Gasteiger partial charge in [0, 0.05) is 38.5 Å². The fraction of sp³-hybridized carbons (Fsp3) is 0.571. The molecule has 2 rings (SSSR count). The van der Waals surface area contributed by atoms with E-state index in [1.165, 1.54) is 0 Å². The normalized spacial score (nSPS) is 21.6. The second-order valence-electron chi connectivity index (χ2n) is 5.46. The van der Waals surface area contributed by atoms with Crippen molar-refractivity contribution >= 4 is 11.9 Å². The molecular formula is C14H21N5O3. The predicted octanol–water partition coefficient (Wildman–Crippen LogP) is -0.0129. The lowest BCUT2D eigenvalue weighted by atomic mass is 9.91. The highest BCUT2D eigenvalue weighted by Gasteiger charge is 2.36. The van der Waals surface area contributed by atoms with Gasteiger partial charge in [-0.15, -0.1) is 6.58 Å². The van der Waals surface area contributed by atoms with E-state index in [-0.39, 0.29) is 24.2 Å². The summed E-state index contributed by atoms with van der Waals surface area (Å²) in [6.07, 6.45) is 3.76. The van der Waals surface area contributed by atoms with Crippen molar-refractivity contribution in [1.29, 1.82) is 0 Å². The van der Waals surface area contributed by atoms with Gasteiger partial charge in [-0.2, -0.15) is 15.4 Å². The summed E-state index contributed by atoms with van der Waals surface area (Å²) in [4.78, 5) is 24.8. The van der Waals surface area contributed by atoms with E-state index in [2.05, 4.69) is 32.2 Å². The summed E-state index contributed by atoms with van der Waals surface area (Å²) >= 11 is 0. The number of rotatable bonds is 8. The van der Waals surface area contributed by atoms with E-state index in [4.69, 9.17) is 5.11 Å². The molecule has 1 fully saturated rings. The van der Waals surface area contributed by atoms with Crippen molar-refractivity contribution in [2.45, 2.75) is 18.8 Å². The summed E-state index contributed by atoms with van der Waals surface area (Å²) in [5.41, 5.74) is 0.782. The lowest BCUT2D eigenvalue weighted by molar-refractivity contribution is -0.138. The van der Waals surface area contributed by atoms with Gasteiger partial charge in [0.15, 0.2) is 0 Å². The van der Waals surface area contributed by atoms with Crippen molar-refractivity contribution in [3.05, 3.63) is 24.5 Å². The van der Waals surface area contributed by atoms with Crippen LogP contribution in [0.2, 0.25) is 0 Å². The van der Waals surface area contributed by atoms with E-state index in [1.54, 1.807) is 12.3 Å². The third-order valence-corrected chi connectivity index (χ3v) is 3.87. The van der Waals surface area contributed by atoms with Gasteiger partial charge in [-0.05, 0) is 5.92 Å². The maximum Gasteiger partial charge on any atom is 0.303 e. The monoisotopic (exact) mass is 307 g/mol. The molecule has 8 heteroatoms. The standard InChI is InChI=1S/C14H21N5O3/c1-2-4-15-13(20)3-5-19-8-10(6-14(21)22)11(9-19)12-7-16-18-17-12/h2,7,10-11H,1,3-6,8-9H2,(H,15,20)(H,21,22)(H,16,17,18)/t10-,11+/m0/s1. The number of aromatic amines is 1. The Labute approximate surface area is 128 Å². The van der Waals surface area contributed by atoms with Crippen LogP contribution in [0.15, 0.2) is 18.9 Å². The van der Waals surface area contributed by atoms with Gasteiger partial charge < -0.3 is 15.3 Å². The SMILES string of the molecule is C=CCNC(=O)CCN1C[C@H](CC(=O)O)[C@H](c2cn[nH]n2)C1. The molecule has 0 aliphatic carbocycles. The van der Waals surface area contributed by atoms with Crippen LogP contribution in [0.1, 0.15) is 24.5 Å². The number of hydrogen-bond donors (Lipinski definition) is 3. The number of carboxylic acid groups (broad SMARTS) is 1. The molecule has 2 heterocycles. The molecule has 1 aliphatic rings. The molecule has 120 valence electrons. The first-order valence-corrected chi connectivity index (χ1v) is 7.27. The summed E-state index contributed by atoms with van der Waals surface area (Å²) in [6.45, 7) is 5.96. The van der Waals surface area contributed by atoms with E-state index in [0.717, 1.165) is 5.69 Å². The summed E-state index contributed by atoms with van der Waals surface area (Å²) in [5, 5.41) is 22.2. The van der Waals surface area contributed by atoms with Crippen LogP contribution in [0.3, 0.4) is 0 Å². The van der Waals surface area contributed by atoms with Gasteiger partial charge in [0.1, 0.15) is 0 Å². The Hall–Kier alpha value is -2.22. The van der Waals surface area contributed by atoms with Crippen LogP contribution >= 0.6 is 0 Å². The van der Waals surface area contributed by atoms with Crippen molar-refractivity contribution in [1.82, 2.24) is 25.6 Å². The van der Waals surface area contributed by atoms with Gasteiger partial charge in [0.25, 0.3) is 0 Å². The number of H-pyrrole nitrogens is 1. The lowest BCUT2D eigenvalue weighted by Gasteiger charge is -2.14. The number of hydrogen-bond acceptors (Lipinski definition) is 5. The highest BCUT2D eigenvalue weighted by Crippen LogP contribution is 2.33. The molecule has 1 amide bonds. The first-order valence-electron chi connectivity index (χ1n) is 7.27. The zero-order valence-corrected chi connectivity index (χ0v) is 12.4. The molecule has 8 nitrogen and oxygen atoms in total. The van der Waals surface area contributed by atoms with Crippen molar-refractivity contribution < 1.29 is 14.7 Å². The van der Waals surface area contributed by atoms with E-state index >= 15 is 0 Å². The second kappa shape index (κ2) is 7.69. The molecule has 0 spiro atoms. The first-order chi connectivity index (χ1) is 10.6. The molecule has 1 aromatic rings. The number of aliphatic carboxylic acids is 1. The van der Waals surface area contributed by atoms with Crippen molar-refractivity contribution in [2.24, 2.45) is 5.92 Å². The molecule has 2 atom stereocenters. The number of likely N-dealkylation sites (tertiary alicyclic amines) is 1. The van der Waals surface area contributed by atoms with Crippen molar-refractivity contribution in [3.8, 4) is 0 Å². The van der Waals surface area contributed by atoms with Crippen LogP contribution in [0.4, 0.5) is 0 Å².